The summed E-state index contributed by atoms with van der Waals surface area (Å²) in [7, 11) is 0. The van der Waals surface area contributed by atoms with E-state index < -0.39 is 0 Å². The molecular formula is C9H6ClNOS2. The van der Waals surface area contributed by atoms with Gasteiger partial charge in [0.25, 0.3) is 0 Å². The summed E-state index contributed by atoms with van der Waals surface area (Å²) in [6.07, 6.45) is 0. The van der Waals surface area contributed by atoms with Crippen LogP contribution in [0.1, 0.15) is 20.9 Å². The Kier molecular flexibility index (Phi) is 2.67. The molecule has 14 heavy (non-hydrogen) atoms. The molecule has 0 aliphatic heterocycles. The molecule has 0 amide bonds. The van der Waals surface area contributed by atoms with Crippen molar-refractivity contribution in [3.63, 3.8) is 0 Å². The first-order chi connectivity index (χ1) is 6.70. The third-order valence-corrected chi connectivity index (χ3v) is 4.03. The van der Waals surface area contributed by atoms with Crippen LogP contribution >= 0.6 is 34.5 Å². The van der Waals surface area contributed by atoms with Crippen LogP contribution in [0.5, 0.6) is 0 Å². The van der Waals surface area contributed by atoms with Gasteiger partial charge in [-0.15, -0.1) is 11.3 Å². The Morgan fingerprint density at radius 2 is 2.36 bits per heavy atom. The van der Waals surface area contributed by atoms with Crippen molar-refractivity contribution in [1.29, 1.82) is 0 Å². The molecule has 0 aromatic carbocycles. The van der Waals surface area contributed by atoms with E-state index in [9.17, 15) is 4.79 Å². The molecule has 0 radical (unpaired) electrons. The van der Waals surface area contributed by atoms with Gasteiger partial charge in [0.1, 0.15) is 5.69 Å². The number of rotatable bonds is 2. The van der Waals surface area contributed by atoms with Gasteiger partial charge in [0.2, 0.25) is 5.78 Å². The topological polar surface area (TPSA) is 30.0 Å². The lowest BCUT2D eigenvalue weighted by Gasteiger charge is -1.93. The number of carbonyl (C=O) groups is 1. The summed E-state index contributed by atoms with van der Waals surface area (Å²) >= 11 is 8.62. The smallest absolute Gasteiger partial charge is 0.223 e. The minimum absolute atomic E-state index is 0.0886. The Hall–Kier alpha value is -0.710. The van der Waals surface area contributed by atoms with E-state index >= 15 is 0 Å². The second kappa shape index (κ2) is 3.81. The number of thiophene rings is 1. The van der Waals surface area contributed by atoms with Crippen molar-refractivity contribution in [1.82, 2.24) is 4.37 Å². The molecule has 0 aliphatic rings. The predicted molar refractivity (Wildman–Crippen MR) is 59.6 cm³/mol. The second-order valence-electron chi connectivity index (χ2n) is 2.78. The molecule has 0 fully saturated rings. The zero-order valence-corrected chi connectivity index (χ0v) is 9.67. The summed E-state index contributed by atoms with van der Waals surface area (Å²) < 4.78 is 3.98. The lowest BCUT2D eigenvalue weighted by molar-refractivity contribution is 0.103. The van der Waals surface area contributed by atoms with Gasteiger partial charge >= 0.3 is 0 Å². The number of nitrogens with zero attached hydrogens (tertiary/aromatic N) is 1. The SMILES string of the molecule is Cc1csc(C(=O)c2ccsn2)c1Cl. The predicted octanol–water partition coefficient (Wildman–Crippen LogP) is 3.40. The van der Waals surface area contributed by atoms with Crippen LogP contribution in [0.25, 0.3) is 0 Å². The number of aromatic nitrogens is 1. The first-order valence-electron chi connectivity index (χ1n) is 3.89. The van der Waals surface area contributed by atoms with Crippen LogP contribution in [-0.4, -0.2) is 10.2 Å². The van der Waals surface area contributed by atoms with Crippen LogP contribution in [0.15, 0.2) is 16.8 Å². The van der Waals surface area contributed by atoms with Crippen LogP contribution in [0.2, 0.25) is 5.02 Å². The van der Waals surface area contributed by atoms with Crippen LogP contribution in [0.4, 0.5) is 0 Å². The van der Waals surface area contributed by atoms with Crippen molar-refractivity contribution in [3.8, 4) is 0 Å². The molecule has 2 nitrogen and oxygen atoms in total. The molecule has 0 aliphatic carbocycles. The van der Waals surface area contributed by atoms with Crippen molar-refractivity contribution < 1.29 is 4.79 Å². The Morgan fingerprint density at radius 1 is 1.57 bits per heavy atom. The van der Waals surface area contributed by atoms with Gasteiger partial charge in [0.15, 0.2) is 0 Å². The van der Waals surface area contributed by atoms with E-state index in [1.54, 1.807) is 11.4 Å². The zero-order chi connectivity index (χ0) is 10.1. The number of carbonyl (C=O) groups excluding carboxylic acids is 1. The van der Waals surface area contributed by atoms with Gasteiger partial charge in [-0.1, -0.05) is 11.6 Å². The van der Waals surface area contributed by atoms with Crippen molar-refractivity contribution in [2.45, 2.75) is 6.92 Å². The summed E-state index contributed by atoms with van der Waals surface area (Å²) in [5.41, 5.74) is 1.41. The normalized spacial score (nSPS) is 10.4. The number of hydrogen-bond acceptors (Lipinski definition) is 4. The summed E-state index contributed by atoms with van der Waals surface area (Å²) in [6, 6.07) is 1.71. The molecule has 0 saturated heterocycles. The monoisotopic (exact) mass is 243 g/mol. The van der Waals surface area contributed by atoms with E-state index in [-0.39, 0.29) is 5.78 Å². The molecule has 0 bridgehead atoms. The maximum Gasteiger partial charge on any atom is 0.223 e. The number of hydrogen-bond donors (Lipinski definition) is 0. The van der Waals surface area contributed by atoms with Gasteiger partial charge in [-0.2, -0.15) is 4.37 Å². The Labute approximate surface area is 94.3 Å². The van der Waals surface area contributed by atoms with Gasteiger partial charge in [0, 0.05) is 5.38 Å². The van der Waals surface area contributed by atoms with Crippen LogP contribution in [-0.2, 0) is 0 Å². The molecule has 72 valence electrons. The minimum atomic E-state index is -0.0886. The van der Waals surface area contributed by atoms with Crippen molar-refractivity contribution >= 4 is 40.3 Å². The van der Waals surface area contributed by atoms with Crippen LogP contribution < -0.4 is 0 Å². The van der Waals surface area contributed by atoms with Crippen molar-refractivity contribution in [2.24, 2.45) is 0 Å². The number of ketones is 1. The Bertz CT molecular complexity index is 461. The maximum atomic E-state index is 11.8. The summed E-state index contributed by atoms with van der Waals surface area (Å²) in [5, 5.41) is 4.21. The van der Waals surface area contributed by atoms with Crippen LogP contribution in [0.3, 0.4) is 0 Å². The molecular weight excluding hydrogens is 238 g/mol. The molecule has 2 rings (SSSR count). The fourth-order valence-corrected chi connectivity index (χ4v) is 2.76. The molecule has 0 spiro atoms. The van der Waals surface area contributed by atoms with E-state index in [0.29, 0.717) is 15.6 Å². The lowest BCUT2D eigenvalue weighted by atomic mass is 10.2. The fraction of sp³-hybridized carbons (Fsp3) is 0.111. The molecule has 5 heteroatoms. The minimum Gasteiger partial charge on any atom is -0.286 e. The second-order valence-corrected chi connectivity index (χ2v) is 4.70. The van der Waals surface area contributed by atoms with Gasteiger partial charge in [-0.25, -0.2) is 0 Å². The number of halogens is 1. The number of aryl methyl sites for hydroxylation is 1. The molecule has 0 atom stereocenters. The third kappa shape index (κ3) is 1.61. The molecule has 0 unspecified atom stereocenters. The molecule has 2 aromatic rings. The molecule has 0 N–H and O–H groups in total. The summed E-state index contributed by atoms with van der Waals surface area (Å²) in [4.78, 5) is 12.4. The van der Waals surface area contributed by atoms with E-state index in [1.807, 2.05) is 12.3 Å². The highest BCUT2D eigenvalue weighted by atomic mass is 35.5. The Morgan fingerprint density at radius 3 is 2.86 bits per heavy atom. The van der Waals surface area contributed by atoms with Gasteiger partial charge in [0.05, 0.1) is 9.90 Å². The Balaban J connectivity index is 2.42. The largest absolute Gasteiger partial charge is 0.286 e. The first kappa shape index (κ1) is 9.83. The van der Waals surface area contributed by atoms with Gasteiger partial charge < -0.3 is 0 Å². The highest BCUT2D eigenvalue weighted by Crippen LogP contribution is 2.29. The third-order valence-electron chi connectivity index (χ3n) is 1.78. The van der Waals surface area contributed by atoms with Crippen molar-refractivity contribution in [3.05, 3.63) is 38.0 Å². The molecule has 2 aromatic heterocycles. The molecule has 0 saturated carbocycles. The summed E-state index contributed by atoms with van der Waals surface area (Å²) in [5.74, 6) is -0.0886. The van der Waals surface area contributed by atoms with Gasteiger partial charge in [-0.05, 0) is 35.5 Å². The quantitative estimate of drug-likeness (QED) is 0.757. The maximum absolute atomic E-state index is 11.8. The van der Waals surface area contributed by atoms with Gasteiger partial charge in [-0.3, -0.25) is 4.79 Å². The fourth-order valence-electron chi connectivity index (χ4n) is 1.03. The van der Waals surface area contributed by atoms with E-state index in [2.05, 4.69) is 4.37 Å². The van der Waals surface area contributed by atoms with E-state index in [4.69, 9.17) is 11.6 Å². The highest BCUT2D eigenvalue weighted by molar-refractivity contribution is 7.13. The van der Waals surface area contributed by atoms with E-state index in [0.717, 1.165) is 5.56 Å². The van der Waals surface area contributed by atoms with Crippen LogP contribution in [0, 0.1) is 6.92 Å². The average molecular weight is 244 g/mol. The van der Waals surface area contributed by atoms with Crippen molar-refractivity contribution in [2.75, 3.05) is 0 Å². The highest BCUT2D eigenvalue weighted by Gasteiger charge is 2.17. The lowest BCUT2D eigenvalue weighted by Crippen LogP contribution is -1.98. The summed E-state index contributed by atoms with van der Waals surface area (Å²) in [6.45, 7) is 1.89. The standard InChI is InChI=1S/C9H6ClNOS2/c1-5-4-13-9(7(5)10)8(12)6-2-3-14-11-6/h2-4H,1H3. The zero-order valence-electron chi connectivity index (χ0n) is 7.28. The molecule has 2 heterocycles. The first-order valence-corrected chi connectivity index (χ1v) is 5.98. The van der Waals surface area contributed by atoms with E-state index in [1.165, 1.54) is 22.9 Å². The average Bonchev–Trinajstić information content (AvgIpc) is 2.77.